The second-order valence-corrected chi connectivity index (χ2v) is 10.1. The molecule has 34 heavy (non-hydrogen) atoms. The van der Waals surface area contributed by atoms with Crippen molar-refractivity contribution in [3.8, 4) is 17.5 Å². The largest absolute Gasteiger partial charge is 0.491 e. The predicted octanol–water partition coefficient (Wildman–Crippen LogP) is 4.76. The molecule has 1 N–H and O–H groups in total. The van der Waals surface area contributed by atoms with E-state index in [1.807, 2.05) is 35.9 Å². The third-order valence-electron chi connectivity index (χ3n) is 5.20. The van der Waals surface area contributed by atoms with Gasteiger partial charge >= 0.3 is 0 Å². The molecule has 2 aromatic carbocycles. The van der Waals surface area contributed by atoms with Gasteiger partial charge in [-0.1, -0.05) is 24.6 Å². The first kappa shape index (κ1) is 23.7. The second kappa shape index (κ2) is 9.79. The topological polar surface area (TPSA) is 102 Å². The molecule has 0 aliphatic rings. The van der Waals surface area contributed by atoms with Crippen LogP contribution in [0.5, 0.6) is 5.75 Å². The van der Waals surface area contributed by atoms with Crippen molar-refractivity contribution in [1.29, 1.82) is 5.26 Å². The first-order valence-corrected chi connectivity index (χ1v) is 13.0. The van der Waals surface area contributed by atoms with Gasteiger partial charge in [0, 0.05) is 30.0 Å². The molecule has 0 saturated carbocycles. The molecule has 0 bridgehead atoms. The fourth-order valence-electron chi connectivity index (χ4n) is 3.72. The minimum Gasteiger partial charge on any atom is -0.491 e. The number of hydrogen-bond donors (Lipinski definition) is 1. The number of anilines is 1. The number of aryl methyl sites for hydroxylation is 2. The number of benzene rings is 2. The van der Waals surface area contributed by atoms with Crippen LogP contribution in [-0.4, -0.2) is 35.6 Å². The summed E-state index contributed by atoms with van der Waals surface area (Å²) < 4.78 is 34.5. The first-order valence-electron chi connectivity index (χ1n) is 10.7. The molecule has 0 fully saturated rings. The Balaban J connectivity index is 1.54. The summed E-state index contributed by atoms with van der Waals surface area (Å²) in [6.07, 6.45) is 7.77. The van der Waals surface area contributed by atoms with E-state index in [2.05, 4.69) is 22.0 Å². The summed E-state index contributed by atoms with van der Waals surface area (Å²) in [4.78, 5) is 0. The number of nitrogens with one attached hydrogen (secondary N) is 1. The van der Waals surface area contributed by atoms with Gasteiger partial charge in [-0.25, -0.2) is 8.42 Å². The summed E-state index contributed by atoms with van der Waals surface area (Å²) in [7, 11) is -3.33. The summed E-state index contributed by atoms with van der Waals surface area (Å²) >= 11 is 6.44. The van der Waals surface area contributed by atoms with E-state index in [4.69, 9.17) is 16.3 Å². The highest BCUT2D eigenvalue weighted by molar-refractivity contribution is 7.92. The van der Waals surface area contributed by atoms with Gasteiger partial charge in [0.25, 0.3) is 0 Å². The molecule has 176 valence electrons. The van der Waals surface area contributed by atoms with Crippen LogP contribution in [0.25, 0.3) is 16.6 Å². The molecule has 0 unspecified atom stereocenters. The van der Waals surface area contributed by atoms with E-state index in [9.17, 15) is 13.7 Å². The van der Waals surface area contributed by atoms with Crippen LogP contribution in [0.3, 0.4) is 0 Å². The molecule has 0 aliphatic heterocycles. The van der Waals surface area contributed by atoms with Crippen molar-refractivity contribution < 1.29 is 13.2 Å². The van der Waals surface area contributed by atoms with Crippen molar-refractivity contribution in [2.75, 3.05) is 17.6 Å². The van der Waals surface area contributed by atoms with E-state index < -0.39 is 10.0 Å². The minimum absolute atomic E-state index is 0.401. The number of ether oxygens (including phenoxy) is 1. The molecule has 2 heterocycles. The fraction of sp³-hybridized carbons (Fsp3) is 0.250. The lowest BCUT2D eigenvalue weighted by atomic mass is 10.1. The molecule has 4 rings (SSSR count). The van der Waals surface area contributed by atoms with Crippen molar-refractivity contribution in [1.82, 2.24) is 14.3 Å². The van der Waals surface area contributed by atoms with Gasteiger partial charge in [0.1, 0.15) is 6.07 Å². The number of fused-ring (bicyclic) bond motifs is 1. The monoisotopic (exact) mass is 497 g/mol. The summed E-state index contributed by atoms with van der Waals surface area (Å²) in [5.74, 6) is 0.419. The molecular weight excluding hydrogens is 474 g/mol. The third kappa shape index (κ3) is 5.35. The zero-order valence-electron chi connectivity index (χ0n) is 18.8. The lowest BCUT2D eigenvalue weighted by molar-refractivity contribution is 0.316. The molecule has 8 nitrogen and oxygen atoms in total. The van der Waals surface area contributed by atoms with Gasteiger partial charge in [0.05, 0.1) is 40.8 Å². The number of hydrogen-bond acceptors (Lipinski definition) is 5. The molecule has 0 saturated heterocycles. The maximum atomic E-state index is 11.4. The van der Waals surface area contributed by atoms with Gasteiger partial charge in [-0.05, 0) is 48.7 Å². The number of nitrogens with zero attached hydrogens (tertiary/aromatic N) is 4. The Morgan fingerprint density at radius 3 is 2.79 bits per heavy atom. The van der Waals surface area contributed by atoms with Crippen LogP contribution >= 0.6 is 11.6 Å². The highest BCUT2D eigenvalue weighted by Crippen LogP contribution is 2.33. The highest BCUT2D eigenvalue weighted by Gasteiger charge is 2.14. The first-order chi connectivity index (χ1) is 16.3. The van der Waals surface area contributed by atoms with Crippen molar-refractivity contribution in [3.63, 3.8) is 0 Å². The third-order valence-corrected chi connectivity index (χ3v) is 6.09. The van der Waals surface area contributed by atoms with Crippen molar-refractivity contribution in [2.24, 2.45) is 0 Å². The summed E-state index contributed by atoms with van der Waals surface area (Å²) in [5.41, 5.74) is 3.74. The molecular formula is C24H24ClN5O3S. The van der Waals surface area contributed by atoms with Crippen molar-refractivity contribution in [2.45, 2.75) is 26.3 Å². The zero-order chi connectivity index (χ0) is 24.3. The Bertz CT molecular complexity index is 1480. The second-order valence-electron chi connectivity index (χ2n) is 7.96. The van der Waals surface area contributed by atoms with Gasteiger partial charge < -0.3 is 9.30 Å². The standard InChI is InChI=1S/C24H24ClN5O3S/c1-3-10-33-24-19(14-26)12-21(13-22(24)25)30-9-7-18-11-17(4-5-23(18)30)6-8-29-16-20(15-27-29)28-34(2,31)32/h4-5,7,9,11-13,15-16,28H,3,6,8,10H2,1-2H3. The number of nitriles is 1. The average Bonchev–Trinajstić information content (AvgIpc) is 3.41. The molecule has 0 amide bonds. The van der Waals surface area contributed by atoms with Crippen molar-refractivity contribution in [3.05, 3.63) is 71.1 Å². The average molecular weight is 498 g/mol. The molecule has 0 atom stereocenters. The molecule has 0 aliphatic carbocycles. The van der Waals surface area contributed by atoms with Crippen molar-refractivity contribution >= 4 is 38.2 Å². The Morgan fingerprint density at radius 2 is 2.06 bits per heavy atom. The molecule has 0 spiro atoms. The maximum absolute atomic E-state index is 11.4. The number of halogens is 1. The quantitative estimate of drug-likeness (QED) is 0.359. The Hall–Kier alpha value is -3.48. The van der Waals surface area contributed by atoms with E-state index in [1.54, 1.807) is 23.0 Å². The number of sulfonamides is 1. The molecule has 4 aromatic rings. The van der Waals surface area contributed by atoms with Crippen LogP contribution in [0, 0.1) is 11.3 Å². The fourth-order valence-corrected chi connectivity index (χ4v) is 4.52. The minimum atomic E-state index is -3.33. The Labute approximate surface area is 203 Å². The Morgan fingerprint density at radius 1 is 1.24 bits per heavy atom. The summed E-state index contributed by atoms with van der Waals surface area (Å²) in [6.45, 7) is 3.10. The van der Waals surface area contributed by atoms with E-state index in [0.717, 1.165) is 41.3 Å². The van der Waals surface area contributed by atoms with Crippen LogP contribution < -0.4 is 9.46 Å². The van der Waals surface area contributed by atoms with E-state index in [0.29, 0.717) is 35.2 Å². The summed E-state index contributed by atoms with van der Waals surface area (Å²) in [5, 5.41) is 15.3. The van der Waals surface area contributed by atoms with Crippen LogP contribution in [0.4, 0.5) is 5.69 Å². The van der Waals surface area contributed by atoms with E-state index in [1.165, 1.54) is 6.20 Å². The van der Waals surface area contributed by atoms with Gasteiger partial charge in [-0.15, -0.1) is 0 Å². The van der Waals surface area contributed by atoms with Crippen LogP contribution in [0.1, 0.15) is 24.5 Å². The normalized spacial score (nSPS) is 11.5. The van der Waals surface area contributed by atoms with Gasteiger partial charge in [-0.3, -0.25) is 9.40 Å². The van der Waals surface area contributed by atoms with E-state index >= 15 is 0 Å². The smallest absolute Gasteiger partial charge is 0.229 e. The highest BCUT2D eigenvalue weighted by atomic mass is 35.5. The van der Waals surface area contributed by atoms with Gasteiger partial charge in [-0.2, -0.15) is 10.4 Å². The predicted molar refractivity (Wildman–Crippen MR) is 133 cm³/mol. The lowest BCUT2D eigenvalue weighted by Gasteiger charge is -2.13. The van der Waals surface area contributed by atoms with E-state index in [-0.39, 0.29) is 0 Å². The Kier molecular flexibility index (Phi) is 6.82. The SMILES string of the molecule is CCCOc1c(Cl)cc(-n2ccc3cc(CCn4cc(NS(C)(=O)=O)cn4)ccc32)cc1C#N. The van der Waals surface area contributed by atoms with Crippen LogP contribution in [-0.2, 0) is 23.0 Å². The summed E-state index contributed by atoms with van der Waals surface area (Å²) in [6, 6.07) is 14.0. The number of rotatable bonds is 9. The number of aromatic nitrogens is 3. The lowest BCUT2D eigenvalue weighted by Crippen LogP contribution is -2.08. The molecule has 10 heteroatoms. The van der Waals surface area contributed by atoms with Gasteiger partial charge in [0.15, 0.2) is 5.75 Å². The molecule has 2 aromatic heterocycles. The zero-order valence-corrected chi connectivity index (χ0v) is 20.4. The van der Waals surface area contributed by atoms with Crippen LogP contribution in [0.15, 0.2) is 55.0 Å². The van der Waals surface area contributed by atoms with Crippen LogP contribution in [0.2, 0.25) is 5.02 Å². The van der Waals surface area contributed by atoms with Gasteiger partial charge in [0.2, 0.25) is 10.0 Å². The maximum Gasteiger partial charge on any atom is 0.229 e. The molecule has 0 radical (unpaired) electrons.